The van der Waals surface area contributed by atoms with E-state index in [1.165, 1.54) is 6.07 Å². The molecule has 2 rings (SSSR count). The summed E-state index contributed by atoms with van der Waals surface area (Å²) >= 11 is 7.53. The summed E-state index contributed by atoms with van der Waals surface area (Å²) in [5.74, 6) is 2.27. The number of halogens is 1. The minimum absolute atomic E-state index is 0.0223. The second kappa shape index (κ2) is 4.58. The third kappa shape index (κ3) is 2.55. The molecule has 1 aliphatic carbocycles. The first-order chi connectivity index (χ1) is 7.22. The summed E-state index contributed by atoms with van der Waals surface area (Å²) in [6.07, 6.45) is 4.29. The van der Waals surface area contributed by atoms with Crippen LogP contribution >= 0.6 is 23.4 Å². The van der Waals surface area contributed by atoms with Gasteiger partial charge in [0.05, 0.1) is 0 Å². The van der Waals surface area contributed by atoms with Crippen LogP contribution in [0.3, 0.4) is 0 Å². The van der Waals surface area contributed by atoms with Crippen molar-refractivity contribution in [1.82, 2.24) is 9.55 Å². The molecule has 1 fully saturated rings. The Kier molecular flexibility index (Phi) is 3.36. The Balaban J connectivity index is 2.35. The normalized spacial score (nSPS) is 15.6. The van der Waals surface area contributed by atoms with E-state index in [1.807, 2.05) is 6.26 Å². The molecule has 82 valence electrons. The van der Waals surface area contributed by atoms with E-state index in [4.69, 9.17) is 11.6 Å². The van der Waals surface area contributed by atoms with Gasteiger partial charge < -0.3 is 0 Å². The molecule has 1 heterocycles. The molecule has 0 N–H and O–H groups in total. The predicted octanol–water partition coefficient (Wildman–Crippen LogP) is 2.14. The molecule has 0 unspecified atom stereocenters. The van der Waals surface area contributed by atoms with Crippen LogP contribution in [0.25, 0.3) is 0 Å². The van der Waals surface area contributed by atoms with Crippen molar-refractivity contribution in [2.45, 2.75) is 25.3 Å². The lowest BCUT2D eigenvalue weighted by Gasteiger charge is -2.10. The quantitative estimate of drug-likeness (QED) is 0.762. The van der Waals surface area contributed by atoms with Gasteiger partial charge in [-0.25, -0.2) is 4.98 Å². The number of hydrogen-bond donors (Lipinski definition) is 0. The van der Waals surface area contributed by atoms with Gasteiger partial charge in [-0.1, -0.05) is 11.6 Å². The SMILES string of the molecule is CSCCn1c(C2CC2)nc(Cl)cc1=O. The maximum absolute atomic E-state index is 11.7. The van der Waals surface area contributed by atoms with E-state index >= 15 is 0 Å². The molecule has 1 aliphatic rings. The van der Waals surface area contributed by atoms with Crippen LogP contribution in [-0.4, -0.2) is 21.6 Å². The fourth-order valence-electron chi connectivity index (χ4n) is 1.56. The van der Waals surface area contributed by atoms with Gasteiger partial charge in [-0.3, -0.25) is 9.36 Å². The lowest BCUT2D eigenvalue weighted by atomic mass is 10.3. The van der Waals surface area contributed by atoms with E-state index in [0.29, 0.717) is 11.1 Å². The van der Waals surface area contributed by atoms with E-state index in [1.54, 1.807) is 16.3 Å². The highest BCUT2D eigenvalue weighted by atomic mass is 35.5. The van der Waals surface area contributed by atoms with Crippen LogP contribution in [0.4, 0.5) is 0 Å². The Labute approximate surface area is 97.9 Å². The highest BCUT2D eigenvalue weighted by molar-refractivity contribution is 7.98. The second-order valence-corrected chi connectivity index (χ2v) is 5.07. The largest absolute Gasteiger partial charge is 0.296 e. The Morgan fingerprint density at radius 1 is 1.67 bits per heavy atom. The van der Waals surface area contributed by atoms with Crippen LogP contribution in [0.1, 0.15) is 24.6 Å². The lowest BCUT2D eigenvalue weighted by Crippen LogP contribution is -2.25. The molecule has 3 nitrogen and oxygen atoms in total. The molecular weight excluding hydrogens is 232 g/mol. The van der Waals surface area contributed by atoms with Crippen molar-refractivity contribution in [2.75, 3.05) is 12.0 Å². The molecule has 5 heteroatoms. The van der Waals surface area contributed by atoms with Crippen LogP contribution in [0.15, 0.2) is 10.9 Å². The van der Waals surface area contributed by atoms with Gasteiger partial charge in [0, 0.05) is 24.3 Å². The third-order valence-electron chi connectivity index (χ3n) is 2.47. The summed E-state index contributed by atoms with van der Waals surface area (Å²) < 4.78 is 1.76. The highest BCUT2D eigenvalue weighted by Crippen LogP contribution is 2.38. The molecule has 0 atom stereocenters. The van der Waals surface area contributed by atoms with Gasteiger partial charge >= 0.3 is 0 Å². The molecule has 1 aromatic rings. The number of rotatable bonds is 4. The monoisotopic (exact) mass is 244 g/mol. The fourth-order valence-corrected chi connectivity index (χ4v) is 2.10. The van der Waals surface area contributed by atoms with Crippen molar-refractivity contribution in [3.63, 3.8) is 0 Å². The first-order valence-corrected chi connectivity index (χ1v) is 6.76. The van der Waals surface area contributed by atoms with Crippen molar-refractivity contribution in [1.29, 1.82) is 0 Å². The molecule has 0 saturated heterocycles. The summed E-state index contributed by atoms with van der Waals surface area (Å²) in [6, 6.07) is 1.40. The van der Waals surface area contributed by atoms with E-state index in [-0.39, 0.29) is 5.56 Å². The van der Waals surface area contributed by atoms with Crippen molar-refractivity contribution in [3.05, 3.63) is 27.4 Å². The zero-order chi connectivity index (χ0) is 10.8. The van der Waals surface area contributed by atoms with Crippen LogP contribution in [0, 0.1) is 0 Å². The van der Waals surface area contributed by atoms with Crippen LogP contribution in [-0.2, 0) is 6.54 Å². The molecule has 0 spiro atoms. The lowest BCUT2D eigenvalue weighted by molar-refractivity contribution is 0.653. The van der Waals surface area contributed by atoms with Crippen LogP contribution in [0.2, 0.25) is 5.15 Å². The average molecular weight is 245 g/mol. The van der Waals surface area contributed by atoms with E-state index < -0.39 is 0 Å². The van der Waals surface area contributed by atoms with Gasteiger partial charge in [-0.05, 0) is 19.1 Å². The molecule has 1 aromatic heterocycles. The average Bonchev–Trinajstić information content (AvgIpc) is 2.98. The highest BCUT2D eigenvalue weighted by Gasteiger charge is 2.28. The van der Waals surface area contributed by atoms with Crippen LogP contribution in [0.5, 0.6) is 0 Å². The zero-order valence-corrected chi connectivity index (χ0v) is 10.1. The van der Waals surface area contributed by atoms with Crippen molar-refractivity contribution in [2.24, 2.45) is 0 Å². The van der Waals surface area contributed by atoms with E-state index in [0.717, 1.165) is 31.0 Å². The van der Waals surface area contributed by atoms with Gasteiger partial charge in [-0.2, -0.15) is 11.8 Å². The van der Waals surface area contributed by atoms with Crippen molar-refractivity contribution < 1.29 is 0 Å². The molecule has 1 saturated carbocycles. The topological polar surface area (TPSA) is 34.9 Å². The van der Waals surface area contributed by atoms with Gasteiger partial charge in [0.15, 0.2) is 0 Å². The summed E-state index contributed by atoms with van der Waals surface area (Å²) in [5, 5.41) is 0.322. The second-order valence-electron chi connectivity index (χ2n) is 3.69. The minimum atomic E-state index is -0.0223. The maximum Gasteiger partial charge on any atom is 0.255 e. The standard InChI is InChI=1S/C10H13ClN2OS/c1-15-5-4-13-9(14)6-8(11)12-10(13)7-2-3-7/h6-7H,2-5H2,1H3. The summed E-state index contributed by atoms with van der Waals surface area (Å²) in [6.45, 7) is 0.732. The Morgan fingerprint density at radius 2 is 2.40 bits per heavy atom. The molecule has 0 amide bonds. The fraction of sp³-hybridized carbons (Fsp3) is 0.600. The third-order valence-corrected chi connectivity index (χ3v) is 3.25. The summed E-state index contributed by atoms with van der Waals surface area (Å²) in [5.41, 5.74) is -0.0223. The number of hydrogen-bond acceptors (Lipinski definition) is 3. The van der Waals surface area contributed by atoms with Gasteiger partial charge in [0.25, 0.3) is 5.56 Å². The molecule has 0 radical (unpaired) electrons. The predicted molar refractivity (Wildman–Crippen MR) is 63.9 cm³/mol. The molecule has 0 bridgehead atoms. The smallest absolute Gasteiger partial charge is 0.255 e. The number of aromatic nitrogens is 2. The van der Waals surface area contributed by atoms with Gasteiger partial charge in [0.2, 0.25) is 0 Å². The van der Waals surface area contributed by atoms with Crippen molar-refractivity contribution in [3.8, 4) is 0 Å². The number of nitrogens with zero attached hydrogens (tertiary/aromatic N) is 2. The summed E-state index contributed by atoms with van der Waals surface area (Å²) in [4.78, 5) is 16.0. The zero-order valence-electron chi connectivity index (χ0n) is 8.57. The first kappa shape index (κ1) is 11.0. The number of thioether (sulfide) groups is 1. The van der Waals surface area contributed by atoms with Gasteiger partial charge in [-0.15, -0.1) is 0 Å². The van der Waals surface area contributed by atoms with E-state index in [9.17, 15) is 4.79 Å². The maximum atomic E-state index is 11.7. The summed E-state index contributed by atoms with van der Waals surface area (Å²) in [7, 11) is 0. The Morgan fingerprint density at radius 3 is 3.00 bits per heavy atom. The molecule has 0 aromatic carbocycles. The molecule has 15 heavy (non-hydrogen) atoms. The minimum Gasteiger partial charge on any atom is -0.296 e. The van der Waals surface area contributed by atoms with Crippen LogP contribution < -0.4 is 5.56 Å². The molecule has 0 aliphatic heterocycles. The van der Waals surface area contributed by atoms with Crippen molar-refractivity contribution >= 4 is 23.4 Å². The van der Waals surface area contributed by atoms with Gasteiger partial charge in [0.1, 0.15) is 11.0 Å². The first-order valence-electron chi connectivity index (χ1n) is 4.98. The Hall–Kier alpha value is -0.480. The molecular formula is C10H13ClN2OS. The van der Waals surface area contributed by atoms with E-state index in [2.05, 4.69) is 4.98 Å². The Bertz CT molecular complexity index is 414.